The van der Waals surface area contributed by atoms with Gasteiger partial charge in [0.2, 0.25) is 0 Å². The van der Waals surface area contributed by atoms with E-state index in [9.17, 15) is 0 Å². The normalized spacial score (nSPS) is 22.5. The first kappa shape index (κ1) is 9.85. The summed E-state index contributed by atoms with van der Waals surface area (Å²) in [7, 11) is 2.17. The summed E-state index contributed by atoms with van der Waals surface area (Å²) in [6, 6.07) is 0.662. The van der Waals surface area contributed by atoms with E-state index in [1.165, 1.54) is 35.1 Å². The van der Waals surface area contributed by atoms with Gasteiger partial charge in [-0.2, -0.15) is 5.10 Å². The molecular weight excluding hydrogens is 254 g/mol. The predicted octanol–water partition coefficient (Wildman–Crippen LogP) is 2.36. The summed E-state index contributed by atoms with van der Waals surface area (Å²) in [5, 5.41) is 4.75. The summed E-state index contributed by atoms with van der Waals surface area (Å²) in [6.07, 6.45) is 5.10. The van der Waals surface area contributed by atoms with Crippen LogP contribution in [0.3, 0.4) is 0 Å². The first-order valence-electron chi connectivity index (χ1n) is 5.70. The Morgan fingerprint density at radius 3 is 2.87 bits per heavy atom. The maximum Gasteiger partial charge on any atom is 0.107 e. The van der Waals surface area contributed by atoms with Gasteiger partial charge in [0.05, 0.1) is 11.7 Å². The van der Waals surface area contributed by atoms with Crippen molar-refractivity contribution in [3.8, 4) is 0 Å². The lowest BCUT2D eigenvalue weighted by molar-refractivity contribution is 0.278. The Bertz CT molecular complexity index is 381. The molecule has 1 aromatic heterocycles. The quantitative estimate of drug-likeness (QED) is 0.781. The van der Waals surface area contributed by atoms with E-state index in [0.29, 0.717) is 6.04 Å². The Labute approximate surface area is 98.6 Å². The molecule has 4 heteroatoms. The fourth-order valence-corrected chi connectivity index (χ4v) is 3.17. The van der Waals surface area contributed by atoms with E-state index in [1.54, 1.807) is 0 Å². The molecule has 82 valence electrons. The van der Waals surface area contributed by atoms with Crippen molar-refractivity contribution in [1.82, 2.24) is 14.7 Å². The lowest BCUT2D eigenvalue weighted by atomic mass is 9.93. The van der Waals surface area contributed by atoms with E-state index in [1.807, 2.05) is 0 Å². The number of rotatable bonds is 1. The fraction of sp³-hybridized carbons (Fsp3) is 0.727. The highest BCUT2D eigenvalue weighted by atomic mass is 79.9. The highest BCUT2D eigenvalue weighted by Crippen LogP contribution is 2.36. The third-order valence-corrected chi connectivity index (χ3v) is 4.45. The minimum atomic E-state index is 0.662. The molecule has 2 aliphatic rings. The van der Waals surface area contributed by atoms with Crippen LogP contribution in [0, 0.1) is 0 Å². The van der Waals surface area contributed by atoms with Crippen molar-refractivity contribution in [1.29, 1.82) is 0 Å². The first-order valence-corrected chi connectivity index (χ1v) is 6.49. The molecule has 0 bridgehead atoms. The zero-order chi connectivity index (χ0) is 10.4. The molecule has 0 N–H and O–H groups in total. The molecule has 0 unspecified atom stereocenters. The molecule has 1 aliphatic heterocycles. The van der Waals surface area contributed by atoms with Gasteiger partial charge in [-0.05, 0) is 48.7 Å². The highest BCUT2D eigenvalue weighted by molar-refractivity contribution is 9.10. The Morgan fingerprint density at radius 1 is 1.40 bits per heavy atom. The Morgan fingerprint density at radius 2 is 2.20 bits per heavy atom. The van der Waals surface area contributed by atoms with Crippen molar-refractivity contribution < 1.29 is 0 Å². The van der Waals surface area contributed by atoms with Gasteiger partial charge in [-0.3, -0.25) is 4.68 Å². The van der Waals surface area contributed by atoms with Crippen molar-refractivity contribution in [3.63, 3.8) is 0 Å². The molecule has 1 fully saturated rings. The SMILES string of the molecule is CN1CCc2c(nn(C3CCC3)c2Br)C1. The van der Waals surface area contributed by atoms with Crippen LogP contribution in [0.1, 0.15) is 36.6 Å². The first-order chi connectivity index (χ1) is 7.25. The predicted molar refractivity (Wildman–Crippen MR) is 62.9 cm³/mol. The molecule has 0 saturated heterocycles. The topological polar surface area (TPSA) is 21.1 Å². The van der Waals surface area contributed by atoms with Crippen molar-refractivity contribution in [2.45, 2.75) is 38.3 Å². The average molecular weight is 270 g/mol. The monoisotopic (exact) mass is 269 g/mol. The summed E-state index contributed by atoms with van der Waals surface area (Å²) >= 11 is 3.71. The molecule has 0 amide bonds. The number of aromatic nitrogens is 2. The van der Waals surface area contributed by atoms with E-state index in [4.69, 9.17) is 5.10 Å². The molecule has 0 aromatic carbocycles. The zero-order valence-electron chi connectivity index (χ0n) is 9.04. The van der Waals surface area contributed by atoms with Gasteiger partial charge < -0.3 is 4.90 Å². The van der Waals surface area contributed by atoms with Gasteiger partial charge in [-0.25, -0.2) is 0 Å². The maximum absolute atomic E-state index is 4.75. The van der Waals surface area contributed by atoms with Crippen LogP contribution < -0.4 is 0 Å². The van der Waals surface area contributed by atoms with Gasteiger partial charge >= 0.3 is 0 Å². The Balaban J connectivity index is 1.96. The number of hydrogen-bond acceptors (Lipinski definition) is 2. The second-order valence-corrected chi connectivity index (χ2v) is 5.48. The molecular formula is C11H16BrN3. The molecule has 1 aromatic rings. The molecule has 2 heterocycles. The number of fused-ring (bicyclic) bond motifs is 1. The van der Waals surface area contributed by atoms with E-state index in [-0.39, 0.29) is 0 Å². The zero-order valence-corrected chi connectivity index (χ0v) is 10.6. The van der Waals surface area contributed by atoms with Crippen LogP contribution in [0.5, 0.6) is 0 Å². The van der Waals surface area contributed by atoms with E-state index >= 15 is 0 Å². The largest absolute Gasteiger partial charge is 0.300 e. The van der Waals surface area contributed by atoms with E-state index < -0.39 is 0 Å². The summed E-state index contributed by atoms with van der Waals surface area (Å²) in [6.45, 7) is 2.16. The minimum Gasteiger partial charge on any atom is -0.300 e. The summed E-state index contributed by atoms with van der Waals surface area (Å²) < 4.78 is 3.46. The molecule has 1 aliphatic carbocycles. The standard InChI is InChI=1S/C11H16BrN3/c1-14-6-5-9-10(7-14)13-15(11(9)12)8-3-2-4-8/h8H,2-7H2,1H3. The Hall–Kier alpha value is -0.350. The van der Waals surface area contributed by atoms with Gasteiger partial charge in [0.25, 0.3) is 0 Å². The average Bonchev–Trinajstić information content (AvgIpc) is 2.41. The second kappa shape index (κ2) is 3.59. The molecule has 0 atom stereocenters. The molecule has 0 radical (unpaired) electrons. The van der Waals surface area contributed by atoms with Crippen molar-refractivity contribution in [2.75, 3.05) is 13.6 Å². The Kier molecular flexibility index (Phi) is 2.36. The molecule has 3 nitrogen and oxygen atoms in total. The summed E-state index contributed by atoms with van der Waals surface area (Å²) in [5.74, 6) is 0. The highest BCUT2D eigenvalue weighted by Gasteiger charge is 2.27. The van der Waals surface area contributed by atoms with Crippen LogP contribution in [0.2, 0.25) is 0 Å². The van der Waals surface area contributed by atoms with Crippen LogP contribution in [-0.2, 0) is 13.0 Å². The lowest BCUT2D eigenvalue weighted by Gasteiger charge is -2.26. The number of halogens is 1. The van der Waals surface area contributed by atoms with Crippen LogP contribution in [0.15, 0.2) is 4.60 Å². The van der Waals surface area contributed by atoms with Gasteiger partial charge in [0, 0.05) is 18.7 Å². The van der Waals surface area contributed by atoms with Gasteiger partial charge in [-0.1, -0.05) is 0 Å². The second-order valence-electron chi connectivity index (χ2n) is 4.73. The number of hydrogen-bond donors (Lipinski definition) is 0. The summed E-state index contributed by atoms with van der Waals surface area (Å²) in [5.41, 5.74) is 2.72. The molecule has 1 saturated carbocycles. The van der Waals surface area contributed by atoms with Crippen molar-refractivity contribution in [2.24, 2.45) is 0 Å². The molecule has 0 spiro atoms. The fourth-order valence-electron chi connectivity index (χ4n) is 2.38. The van der Waals surface area contributed by atoms with Crippen LogP contribution in [0.4, 0.5) is 0 Å². The van der Waals surface area contributed by atoms with Crippen LogP contribution in [-0.4, -0.2) is 28.3 Å². The number of likely N-dealkylation sites (N-methyl/N-ethyl adjacent to an activating group) is 1. The van der Waals surface area contributed by atoms with Crippen molar-refractivity contribution in [3.05, 3.63) is 15.9 Å². The third kappa shape index (κ3) is 1.54. The van der Waals surface area contributed by atoms with E-state index in [0.717, 1.165) is 19.5 Å². The number of nitrogens with zero attached hydrogens (tertiary/aromatic N) is 3. The summed E-state index contributed by atoms with van der Waals surface area (Å²) in [4.78, 5) is 2.34. The van der Waals surface area contributed by atoms with Crippen molar-refractivity contribution >= 4 is 15.9 Å². The maximum atomic E-state index is 4.75. The smallest absolute Gasteiger partial charge is 0.107 e. The van der Waals surface area contributed by atoms with Crippen LogP contribution in [0.25, 0.3) is 0 Å². The van der Waals surface area contributed by atoms with Gasteiger partial charge in [-0.15, -0.1) is 0 Å². The lowest BCUT2D eigenvalue weighted by Crippen LogP contribution is -2.26. The third-order valence-electron chi connectivity index (χ3n) is 3.61. The molecule has 15 heavy (non-hydrogen) atoms. The van der Waals surface area contributed by atoms with Crippen LogP contribution >= 0.6 is 15.9 Å². The molecule has 3 rings (SSSR count). The minimum absolute atomic E-state index is 0.662. The van der Waals surface area contributed by atoms with E-state index in [2.05, 4.69) is 32.6 Å². The van der Waals surface area contributed by atoms with Gasteiger partial charge in [0.1, 0.15) is 4.60 Å². The van der Waals surface area contributed by atoms with Gasteiger partial charge in [0.15, 0.2) is 0 Å².